The molecule has 7 aromatic rings. The molecule has 0 saturated carbocycles. The molecule has 0 saturated heterocycles. The summed E-state index contributed by atoms with van der Waals surface area (Å²) in [4.78, 5) is 20.7. The second kappa shape index (κ2) is 18.0. The van der Waals surface area contributed by atoms with Crippen LogP contribution in [-0.4, -0.2) is 43.2 Å². The van der Waals surface area contributed by atoms with E-state index in [1.807, 2.05) is 90.1 Å². The van der Waals surface area contributed by atoms with Crippen molar-refractivity contribution in [1.29, 1.82) is 0 Å². The molecule has 8 nitrogen and oxygen atoms in total. The molecule has 2 aliphatic heterocycles. The molecule has 0 aliphatic carbocycles. The number of halogens is 1. The van der Waals surface area contributed by atoms with Crippen LogP contribution in [0, 0.1) is 0 Å². The summed E-state index contributed by atoms with van der Waals surface area (Å²) >= 11 is -0.372. The average Bonchev–Trinajstić information content (AvgIpc) is 4.11. The van der Waals surface area contributed by atoms with Gasteiger partial charge in [-0.3, -0.25) is 0 Å². The quantitative estimate of drug-likeness (QED) is 0.0936. The summed E-state index contributed by atoms with van der Waals surface area (Å²) in [6.45, 7) is 12.2. The molecule has 2 aliphatic rings. The van der Waals surface area contributed by atoms with Gasteiger partial charge in [-0.2, -0.15) is 0 Å². The predicted octanol–water partition coefficient (Wildman–Crippen LogP) is 10.7. The van der Waals surface area contributed by atoms with Crippen molar-refractivity contribution in [2.45, 2.75) is 59.9 Å². The molecule has 0 fully saturated rings. The van der Waals surface area contributed by atoms with E-state index in [1.54, 1.807) is 0 Å². The zero-order valence-corrected chi connectivity index (χ0v) is 38.7. The van der Waals surface area contributed by atoms with Crippen LogP contribution in [0.2, 0.25) is 0 Å². The molecule has 63 heavy (non-hydrogen) atoms. The van der Waals surface area contributed by atoms with Crippen molar-refractivity contribution in [3.8, 4) is 67.5 Å². The fourth-order valence-electron chi connectivity index (χ4n) is 8.10. The third-order valence-corrected chi connectivity index (χ3v) is 11.6. The molecular weight excluding hydrogens is 896 g/mol. The van der Waals surface area contributed by atoms with E-state index in [4.69, 9.17) is 27.2 Å². The van der Waals surface area contributed by atoms with Crippen LogP contribution in [0.15, 0.2) is 121 Å². The number of benzene rings is 4. The summed E-state index contributed by atoms with van der Waals surface area (Å²) in [5.74, 6) is 3.31. The Morgan fingerprint density at radius 3 is 0.857 bits per heavy atom. The Hall–Kier alpha value is -6.59. The molecule has 0 spiro atoms. The first-order valence-electron chi connectivity index (χ1n) is 21.3. The van der Waals surface area contributed by atoms with Crippen molar-refractivity contribution < 1.29 is 38.9 Å². The van der Waals surface area contributed by atoms with E-state index in [2.05, 4.69) is 112 Å². The minimum absolute atomic E-state index is 0.0610. The van der Waals surface area contributed by atoms with Crippen LogP contribution in [0.25, 0.3) is 90.9 Å². The van der Waals surface area contributed by atoms with Crippen molar-refractivity contribution in [3.63, 3.8) is 0 Å². The van der Waals surface area contributed by atoms with Crippen LogP contribution in [-0.2, 0) is 0 Å². The van der Waals surface area contributed by atoms with Gasteiger partial charge in [-0.25, -0.2) is 0 Å². The molecule has 4 aromatic carbocycles. The summed E-state index contributed by atoms with van der Waals surface area (Å²) < 4.78 is 24.2. The number of nitrogens with zero attached hydrogens (tertiary/aromatic N) is 2. The molecule has 318 valence electrons. The van der Waals surface area contributed by atoms with Crippen molar-refractivity contribution in [3.05, 3.63) is 144 Å². The number of fused-ring (bicyclic) bond motifs is 8. The maximum atomic E-state index is 6.06. The second-order valence-corrected chi connectivity index (χ2v) is 17.7. The van der Waals surface area contributed by atoms with Crippen LogP contribution in [0.4, 0.5) is 0 Å². The SMILES string of the molecule is C[I-]Oc1ccc(-c2c3nc(c(-c4ccc(OC(C)C)cc4)c4ccc([nH]4)c(-c4ccc(OC(C)C)cc4)c4nc(c(-c5ccc(OC(C)C)cc5)c5ccc2[nH]5)C=C4)C=C3)cc1. The van der Waals surface area contributed by atoms with Crippen molar-refractivity contribution in [1.82, 2.24) is 19.9 Å². The molecule has 2 N–H and O–H groups in total. The molecule has 9 rings (SSSR count). The van der Waals surface area contributed by atoms with Gasteiger partial charge in [0.05, 0.1) is 24.0 Å². The van der Waals surface area contributed by atoms with Gasteiger partial charge in [-0.1, -0.05) is 12.1 Å². The number of H-pyrrole nitrogens is 2. The van der Waals surface area contributed by atoms with Gasteiger partial charge in [0.15, 0.2) is 0 Å². The van der Waals surface area contributed by atoms with Crippen LogP contribution >= 0.6 is 0 Å². The number of aromatic amines is 2. The van der Waals surface area contributed by atoms with Gasteiger partial charge in [-0.15, -0.1) is 0 Å². The Morgan fingerprint density at radius 2 is 0.619 bits per heavy atom. The fourth-order valence-corrected chi connectivity index (χ4v) is 8.90. The van der Waals surface area contributed by atoms with E-state index < -0.39 is 0 Å². The standard InChI is InChI=1S/C54H50IN4O4/c1-32(2)60-39-16-8-35(9-17-39)51-43-24-26-45(56-43)52(36-10-18-40(19-11-36)61-33(3)4)47-28-30-49(58-47)54(38-14-22-42(23-15-38)63-55-7)50-31-29-48(59-50)53(46-27-25-44(51)57-46)37-12-20-41(21-13-37)62-34(5)6/h8-34,56,59H,1-7H3/q-1. The molecule has 0 unspecified atom stereocenters. The van der Waals surface area contributed by atoms with E-state index in [0.717, 1.165) is 112 Å². The summed E-state index contributed by atoms with van der Waals surface area (Å²) in [5.41, 5.74) is 15.0. The third-order valence-electron chi connectivity index (χ3n) is 10.6. The third kappa shape index (κ3) is 9.02. The van der Waals surface area contributed by atoms with Gasteiger partial charge in [-0.05, 0) is 95.6 Å². The second-order valence-electron chi connectivity index (χ2n) is 16.3. The summed E-state index contributed by atoms with van der Waals surface area (Å²) in [6.07, 6.45) is 8.65. The van der Waals surface area contributed by atoms with Crippen molar-refractivity contribution in [2.24, 2.45) is 0 Å². The Morgan fingerprint density at radius 1 is 0.365 bits per heavy atom. The number of ether oxygens (including phenoxy) is 3. The van der Waals surface area contributed by atoms with Gasteiger partial charge in [0.25, 0.3) is 0 Å². The monoisotopic (exact) mass is 945 g/mol. The van der Waals surface area contributed by atoms with Crippen molar-refractivity contribution in [2.75, 3.05) is 4.93 Å². The van der Waals surface area contributed by atoms with Crippen molar-refractivity contribution >= 4 is 46.4 Å². The molecular formula is C54H50IN4O4-. The first kappa shape index (κ1) is 41.7. The van der Waals surface area contributed by atoms with Crippen LogP contribution in [0.3, 0.4) is 0 Å². The van der Waals surface area contributed by atoms with Crippen LogP contribution < -0.4 is 38.9 Å². The molecule has 8 bridgehead atoms. The van der Waals surface area contributed by atoms with Gasteiger partial charge >= 0.3 is 207 Å². The van der Waals surface area contributed by atoms with E-state index in [1.165, 1.54) is 0 Å². The zero-order chi connectivity index (χ0) is 43.6. The number of alkyl halides is 1. The zero-order valence-electron chi connectivity index (χ0n) is 36.5. The predicted molar refractivity (Wildman–Crippen MR) is 254 cm³/mol. The van der Waals surface area contributed by atoms with Gasteiger partial charge in [0, 0.05) is 11.1 Å². The van der Waals surface area contributed by atoms with E-state index >= 15 is 0 Å². The number of hydrogen-bond donors (Lipinski definition) is 2. The Kier molecular flexibility index (Phi) is 11.9. The Balaban J connectivity index is 1.38. The number of nitrogens with one attached hydrogen (secondary N) is 2. The number of rotatable bonds is 12. The number of hydrogen-bond acceptors (Lipinski definition) is 6. The fraction of sp³-hybridized carbons (Fsp3) is 0.185. The maximum absolute atomic E-state index is 6.06. The van der Waals surface area contributed by atoms with Gasteiger partial charge < -0.3 is 14.2 Å². The van der Waals surface area contributed by atoms with Crippen LogP contribution in [0.5, 0.6) is 23.0 Å². The summed E-state index contributed by atoms with van der Waals surface area (Å²) in [6, 6.07) is 41.7. The first-order valence-corrected chi connectivity index (χ1v) is 24.4. The summed E-state index contributed by atoms with van der Waals surface area (Å²) in [7, 11) is 0. The minimum atomic E-state index is -0.372. The van der Waals surface area contributed by atoms with Gasteiger partial charge in [0.2, 0.25) is 0 Å². The Labute approximate surface area is 379 Å². The number of aromatic nitrogens is 4. The molecule has 5 heterocycles. The van der Waals surface area contributed by atoms with Crippen LogP contribution in [0.1, 0.15) is 64.3 Å². The van der Waals surface area contributed by atoms with E-state index in [9.17, 15) is 0 Å². The Bertz CT molecular complexity index is 2950. The van der Waals surface area contributed by atoms with E-state index in [-0.39, 0.29) is 39.9 Å². The average molecular weight is 946 g/mol. The topological polar surface area (TPSA) is 94.3 Å². The molecule has 0 radical (unpaired) electrons. The van der Waals surface area contributed by atoms with E-state index in [0.29, 0.717) is 0 Å². The first-order chi connectivity index (χ1) is 30.6. The molecule has 0 atom stereocenters. The van der Waals surface area contributed by atoms with Gasteiger partial charge in [0.1, 0.15) is 17.2 Å². The molecule has 3 aromatic heterocycles. The normalized spacial score (nSPS) is 12.2. The molecule has 0 amide bonds. The summed E-state index contributed by atoms with van der Waals surface area (Å²) in [5, 5.41) is 0. The molecule has 9 heteroatoms.